The van der Waals surface area contributed by atoms with Gasteiger partial charge in [-0.1, -0.05) is 68.5 Å². The van der Waals surface area contributed by atoms with Crippen LogP contribution in [0.25, 0.3) is 0 Å². The van der Waals surface area contributed by atoms with Crippen LogP contribution in [0.1, 0.15) is 37.6 Å². The molecule has 1 aliphatic carbocycles. The van der Waals surface area contributed by atoms with Gasteiger partial charge in [-0.15, -0.1) is 0 Å². The Morgan fingerprint density at radius 1 is 1.32 bits per heavy atom. The first-order valence-corrected chi connectivity index (χ1v) is 6.91. The molecule has 1 nitrogen and oxygen atoms in total. The summed E-state index contributed by atoms with van der Waals surface area (Å²) in [6.45, 7) is 10.6. The third kappa shape index (κ3) is 2.70. The number of rotatable bonds is 3. The van der Waals surface area contributed by atoms with E-state index in [1.807, 2.05) is 37.3 Å². The highest BCUT2D eigenvalue weighted by molar-refractivity contribution is 6.01. The Balaban J connectivity index is 2.28. The van der Waals surface area contributed by atoms with Crippen LogP contribution in [0.3, 0.4) is 0 Å². The predicted octanol–water partition coefficient (Wildman–Crippen LogP) is 4.66. The minimum absolute atomic E-state index is 0.188. The molecule has 2 atom stereocenters. The van der Waals surface area contributed by atoms with Crippen LogP contribution in [0.2, 0.25) is 0 Å². The number of hydrogen-bond acceptors (Lipinski definition) is 1. The van der Waals surface area contributed by atoms with E-state index in [0.29, 0.717) is 11.8 Å². The van der Waals surface area contributed by atoms with Crippen LogP contribution < -0.4 is 0 Å². The number of hydrogen-bond donors (Lipinski definition) is 0. The fourth-order valence-corrected chi connectivity index (χ4v) is 2.87. The molecule has 0 fully saturated rings. The highest BCUT2D eigenvalue weighted by Gasteiger charge is 2.36. The molecule has 0 saturated heterocycles. The minimum Gasteiger partial charge on any atom is -0.293 e. The molecule has 2 rings (SSSR count). The zero-order valence-electron chi connectivity index (χ0n) is 12.0. The van der Waals surface area contributed by atoms with Gasteiger partial charge in [-0.25, -0.2) is 0 Å². The summed E-state index contributed by atoms with van der Waals surface area (Å²) in [5, 5.41) is 0. The molecule has 0 N–H and O–H groups in total. The van der Waals surface area contributed by atoms with Gasteiger partial charge >= 0.3 is 0 Å². The molecule has 0 heterocycles. The monoisotopic (exact) mass is 254 g/mol. The lowest BCUT2D eigenvalue weighted by atomic mass is 9.69. The van der Waals surface area contributed by atoms with E-state index in [1.54, 1.807) is 0 Å². The molecule has 1 heteroatoms. The lowest BCUT2D eigenvalue weighted by Gasteiger charge is -2.34. The number of Topliss-reactive ketones (excluding diaryl/α,β-unsaturated/α-hetero) is 1. The molecule has 19 heavy (non-hydrogen) atoms. The summed E-state index contributed by atoms with van der Waals surface area (Å²) in [7, 11) is 0. The van der Waals surface area contributed by atoms with Crippen molar-refractivity contribution < 1.29 is 4.79 Å². The second kappa shape index (κ2) is 5.16. The van der Waals surface area contributed by atoms with Gasteiger partial charge in [0.1, 0.15) is 0 Å². The Bertz CT molecular complexity index is 510. The molecule has 1 aliphatic rings. The van der Waals surface area contributed by atoms with Crippen LogP contribution in [0, 0.1) is 17.3 Å². The Morgan fingerprint density at radius 2 is 1.95 bits per heavy atom. The van der Waals surface area contributed by atoms with Crippen LogP contribution >= 0.6 is 0 Å². The topological polar surface area (TPSA) is 17.1 Å². The molecule has 100 valence electrons. The normalized spacial score (nSPS) is 26.7. The summed E-state index contributed by atoms with van der Waals surface area (Å²) in [6.07, 6.45) is 5.00. The third-order valence-corrected chi connectivity index (χ3v) is 4.01. The summed E-state index contributed by atoms with van der Waals surface area (Å²) >= 11 is 0. The third-order valence-electron chi connectivity index (χ3n) is 4.01. The second-order valence-electron chi connectivity index (χ2n) is 6.08. The van der Waals surface area contributed by atoms with Crippen molar-refractivity contribution in [3.8, 4) is 0 Å². The first kappa shape index (κ1) is 13.8. The Kier molecular flexibility index (Phi) is 3.75. The van der Waals surface area contributed by atoms with Crippen molar-refractivity contribution in [2.24, 2.45) is 17.3 Å². The Labute approximate surface area is 116 Å². The maximum atomic E-state index is 12.7. The standard InChI is InChI=1S/C18H22O/c1-13(2)16-10-11-18(4,12-14(16)3)17(19)15-8-6-5-7-9-15/h5-11,13,16H,3,12H2,1-2,4H3. The molecule has 0 amide bonds. The van der Waals surface area contributed by atoms with Crippen LogP contribution in [-0.2, 0) is 0 Å². The molecular formula is C18H22O. The minimum atomic E-state index is -0.441. The molecular weight excluding hydrogens is 232 g/mol. The molecule has 0 spiro atoms. The fourth-order valence-electron chi connectivity index (χ4n) is 2.87. The van der Waals surface area contributed by atoms with Gasteiger partial charge in [0.15, 0.2) is 5.78 Å². The summed E-state index contributed by atoms with van der Waals surface area (Å²) < 4.78 is 0. The quantitative estimate of drug-likeness (QED) is 0.566. The van der Waals surface area contributed by atoms with E-state index in [1.165, 1.54) is 5.57 Å². The van der Waals surface area contributed by atoms with Gasteiger partial charge in [-0.3, -0.25) is 4.79 Å². The van der Waals surface area contributed by atoms with Gasteiger partial charge in [-0.05, 0) is 25.2 Å². The van der Waals surface area contributed by atoms with Gasteiger partial charge < -0.3 is 0 Å². The highest BCUT2D eigenvalue weighted by atomic mass is 16.1. The number of allylic oxidation sites excluding steroid dienone is 3. The molecule has 0 radical (unpaired) electrons. The highest BCUT2D eigenvalue weighted by Crippen LogP contribution is 2.40. The smallest absolute Gasteiger partial charge is 0.172 e. The van der Waals surface area contributed by atoms with E-state index in [9.17, 15) is 4.79 Å². The summed E-state index contributed by atoms with van der Waals surface area (Å²) in [5.41, 5.74) is 1.51. The predicted molar refractivity (Wildman–Crippen MR) is 80.1 cm³/mol. The van der Waals surface area contributed by atoms with Crippen molar-refractivity contribution in [2.75, 3.05) is 0 Å². The first-order chi connectivity index (χ1) is 8.94. The van der Waals surface area contributed by atoms with Crippen LogP contribution in [0.15, 0.2) is 54.6 Å². The number of carbonyl (C=O) groups excluding carboxylic acids is 1. The molecule has 0 aliphatic heterocycles. The van der Waals surface area contributed by atoms with Crippen molar-refractivity contribution in [2.45, 2.75) is 27.2 Å². The zero-order chi connectivity index (χ0) is 14.0. The molecule has 1 aromatic rings. The largest absolute Gasteiger partial charge is 0.293 e. The zero-order valence-corrected chi connectivity index (χ0v) is 12.0. The molecule has 2 unspecified atom stereocenters. The van der Waals surface area contributed by atoms with E-state index in [2.05, 4.69) is 32.6 Å². The average molecular weight is 254 g/mol. The van der Waals surface area contributed by atoms with Crippen molar-refractivity contribution in [1.29, 1.82) is 0 Å². The number of ketones is 1. The molecule has 0 aromatic heterocycles. The fraction of sp³-hybridized carbons (Fsp3) is 0.389. The van der Waals surface area contributed by atoms with E-state index in [0.717, 1.165) is 12.0 Å². The summed E-state index contributed by atoms with van der Waals surface area (Å²) in [6, 6.07) is 9.53. The van der Waals surface area contributed by atoms with Crippen LogP contribution in [0.4, 0.5) is 0 Å². The molecule has 0 bridgehead atoms. The van der Waals surface area contributed by atoms with Crippen molar-refractivity contribution in [3.63, 3.8) is 0 Å². The Hall–Kier alpha value is -1.63. The van der Waals surface area contributed by atoms with E-state index < -0.39 is 5.41 Å². The van der Waals surface area contributed by atoms with Crippen molar-refractivity contribution in [1.82, 2.24) is 0 Å². The van der Waals surface area contributed by atoms with Crippen LogP contribution in [0.5, 0.6) is 0 Å². The first-order valence-electron chi connectivity index (χ1n) is 6.91. The van der Waals surface area contributed by atoms with Crippen molar-refractivity contribution in [3.05, 3.63) is 60.2 Å². The van der Waals surface area contributed by atoms with Gasteiger partial charge in [0, 0.05) is 5.56 Å². The second-order valence-corrected chi connectivity index (χ2v) is 6.08. The SMILES string of the molecule is C=C1CC(C)(C(=O)c2ccccc2)C=CC1C(C)C. The molecule has 1 aromatic carbocycles. The maximum Gasteiger partial charge on any atom is 0.172 e. The van der Waals surface area contributed by atoms with Gasteiger partial charge in [0.2, 0.25) is 0 Å². The number of benzene rings is 1. The van der Waals surface area contributed by atoms with Gasteiger partial charge in [-0.2, -0.15) is 0 Å². The lowest BCUT2D eigenvalue weighted by molar-refractivity contribution is 0.0861. The van der Waals surface area contributed by atoms with Crippen molar-refractivity contribution >= 4 is 5.78 Å². The van der Waals surface area contributed by atoms with Crippen LogP contribution in [-0.4, -0.2) is 5.78 Å². The average Bonchev–Trinajstić information content (AvgIpc) is 2.38. The Morgan fingerprint density at radius 3 is 2.47 bits per heavy atom. The van der Waals surface area contributed by atoms with E-state index in [-0.39, 0.29) is 5.78 Å². The maximum absolute atomic E-state index is 12.7. The van der Waals surface area contributed by atoms with E-state index in [4.69, 9.17) is 0 Å². The van der Waals surface area contributed by atoms with E-state index >= 15 is 0 Å². The van der Waals surface area contributed by atoms with Gasteiger partial charge in [0.05, 0.1) is 5.41 Å². The van der Waals surface area contributed by atoms with Gasteiger partial charge in [0.25, 0.3) is 0 Å². The summed E-state index contributed by atoms with van der Waals surface area (Å²) in [5.74, 6) is 1.13. The lowest BCUT2D eigenvalue weighted by Crippen LogP contribution is -2.31. The summed E-state index contributed by atoms with van der Waals surface area (Å²) in [4.78, 5) is 12.7. The molecule has 0 saturated carbocycles. The number of carbonyl (C=O) groups is 1.